The summed E-state index contributed by atoms with van der Waals surface area (Å²) < 4.78 is 22.6. The van der Waals surface area contributed by atoms with Crippen LogP contribution in [0.5, 0.6) is 5.75 Å². The van der Waals surface area contributed by atoms with Gasteiger partial charge in [0.05, 0.1) is 24.6 Å². The molecule has 1 aromatic heterocycles. The summed E-state index contributed by atoms with van der Waals surface area (Å²) in [5.74, 6) is -1.95. The molecule has 1 aromatic carbocycles. The van der Waals surface area contributed by atoms with Crippen LogP contribution in [0.15, 0.2) is 17.1 Å². The van der Waals surface area contributed by atoms with E-state index in [1.54, 1.807) is 9.47 Å². The van der Waals surface area contributed by atoms with E-state index >= 15 is 4.39 Å². The summed E-state index contributed by atoms with van der Waals surface area (Å²) in [4.78, 5) is 37.8. The second-order valence-electron chi connectivity index (χ2n) is 7.52. The molecule has 0 spiro atoms. The number of aromatic nitrogens is 1. The number of carbonyl (C=O) groups is 2. The normalized spacial score (nSPS) is 17.2. The maximum absolute atomic E-state index is 15.3. The SMILES string of the molecule is COc1c(N2CCNN(C(C)=O)CC2)c(F)cc2c(=O)c(C(=O)O)cn(C3CC3)c12. The molecule has 2 heterocycles. The van der Waals surface area contributed by atoms with Gasteiger partial charge in [0.1, 0.15) is 11.3 Å². The molecule has 1 saturated carbocycles. The van der Waals surface area contributed by atoms with Gasteiger partial charge in [-0.05, 0) is 18.9 Å². The minimum Gasteiger partial charge on any atom is -0.492 e. The smallest absolute Gasteiger partial charge is 0.341 e. The van der Waals surface area contributed by atoms with Gasteiger partial charge in [-0.1, -0.05) is 0 Å². The Hall–Kier alpha value is -3.14. The standard InChI is InChI=1S/C20H23FN4O5/c1-11(26)25-8-7-23(6-5-22-25)17-15(21)9-13-16(19(17)30-2)24(12-3-4-12)10-14(18(13)27)20(28)29/h9-10,12,22H,3-8H2,1-2H3,(H,28,29). The number of aromatic carboxylic acids is 1. The van der Waals surface area contributed by atoms with Crippen molar-refractivity contribution in [3.05, 3.63) is 33.9 Å². The van der Waals surface area contributed by atoms with Gasteiger partial charge in [-0.2, -0.15) is 0 Å². The highest BCUT2D eigenvalue weighted by atomic mass is 19.1. The van der Waals surface area contributed by atoms with Gasteiger partial charge >= 0.3 is 5.97 Å². The zero-order chi connectivity index (χ0) is 21.6. The quantitative estimate of drug-likeness (QED) is 0.773. The Bertz CT molecular complexity index is 1100. The number of hydrogen-bond acceptors (Lipinski definition) is 6. The average Bonchev–Trinajstić information content (AvgIpc) is 3.54. The number of carboxylic acid groups (broad SMARTS) is 1. The average molecular weight is 418 g/mol. The van der Waals surface area contributed by atoms with Gasteiger partial charge in [-0.3, -0.25) is 14.6 Å². The van der Waals surface area contributed by atoms with Crippen molar-refractivity contribution in [2.24, 2.45) is 0 Å². The minimum absolute atomic E-state index is 0.0155. The number of carbonyl (C=O) groups excluding carboxylic acids is 1. The number of benzene rings is 1. The van der Waals surface area contributed by atoms with Gasteiger partial charge in [0.15, 0.2) is 11.6 Å². The molecule has 10 heteroatoms. The first-order valence-corrected chi connectivity index (χ1v) is 9.78. The number of nitrogens with one attached hydrogen (secondary N) is 1. The lowest BCUT2D eigenvalue weighted by Crippen LogP contribution is -2.42. The number of ether oxygens (including phenoxy) is 1. The van der Waals surface area contributed by atoms with Crippen LogP contribution < -0.4 is 20.5 Å². The molecule has 1 aliphatic heterocycles. The highest BCUT2D eigenvalue weighted by Gasteiger charge is 2.31. The Morgan fingerprint density at radius 1 is 1.27 bits per heavy atom. The van der Waals surface area contributed by atoms with Crippen molar-refractivity contribution in [3.8, 4) is 5.75 Å². The molecule has 160 valence electrons. The van der Waals surface area contributed by atoms with Crippen molar-refractivity contribution in [2.75, 3.05) is 38.2 Å². The number of carboxylic acids is 1. The fourth-order valence-corrected chi connectivity index (χ4v) is 3.95. The van der Waals surface area contributed by atoms with Crippen molar-refractivity contribution >= 4 is 28.5 Å². The van der Waals surface area contributed by atoms with Crippen LogP contribution in [0.25, 0.3) is 10.9 Å². The van der Waals surface area contributed by atoms with Crippen molar-refractivity contribution < 1.29 is 23.8 Å². The predicted octanol–water partition coefficient (Wildman–Crippen LogP) is 1.36. The van der Waals surface area contributed by atoms with Crippen LogP contribution in [0.1, 0.15) is 36.2 Å². The third-order valence-corrected chi connectivity index (χ3v) is 5.55. The van der Waals surface area contributed by atoms with Crippen molar-refractivity contribution in [3.63, 3.8) is 0 Å². The number of halogens is 1. The zero-order valence-corrected chi connectivity index (χ0v) is 16.8. The van der Waals surface area contributed by atoms with Gasteiger partial charge in [0.2, 0.25) is 11.3 Å². The molecular formula is C20H23FN4O5. The number of hydrogen-bond donors (Lipinski definition) is 2. The molecule has 1 aliphatic carbocycles. The van der Waals surface area contributed by atoms with Gasteiger partial charge in [-0.15, -0.1) is 0 Å². The summed E-state index contributed by atoms with van der Waals surface area (Å²) in [6.45, 7) is 3.01. The molecule has 2 aliphatic rings. The Kier molecular flexibility index (Phi) is 5.10. The maximum atomic E-state index is 15.3. The summed E-state index contributed by atoms with van der Waals surface area (Å²) in [6, 6.07) is 1.14. The van der Waals surface area contributed by atoms with E-state index in [1.807, 2.05) is 0 Å². The number of nitrogens with zero attached hydrogens (tertiary/aromatic N) is 3. The molecule has 9 nitrogen and oxygen atoms in total. The third kappa shape index (κ3) is 3.36. The van der Waals surface area contributed by atoms with Gasteiger partial charge in [-0.25, -0.2) is 14.6 Å². The molecule has 0 unspecified atom stereocenters. The molecule has 1 amide bonds. The summed E-state index contributed by atoms with van der Waals surface area (Å²) in [5.41, 5.74) is 2.47. The van der Waals surface area contributed by atoms with Crippen molar-refractivity contribution in [1.82, 2.24) is 15.0 Å². The van der Waals surface area contributed by atoms with Gasteiger partial charge < -0.3 is 19.3 Å². The molecule has 0 atom stereocenters. The van der Waals surface area contributed by atoms with E-state index in [4.69, 9.17) is 4.74 Å². The highest BCUT2D eigenvalue weighted by molar-refractivity contribution is 5.97. The molecule has 0 radical (unpaired) electrons. The first kappa shape index (κ1) is 20.1. The van der Waals surface area contributed by atoms with E-state index in [-0.39, 0.29) is 34.3 Å². The number of anilines is 1. The molecule has 1 saturated heterocycles. The number of amides is 1. The number of pyridine rings is 1. The fraction of sp³-hybridized carbons (Fsp3) is 0.450. The number of methoxy groups -OCH3 is 1. The monoisotopic (exact) mass is 418 g/mol. The van der Waals surface area contributed by atoms with E-state index in [9.17, 15) is 19.5 Å². The molecule has 4 rings (SSSR count). The van der Waals surface area contributed by atoms with E-state index in [1.165, 1.54) is 25.2 Å². The fourth-order valence-electron chi connectivity index (χ4n) is 3.95. The Morgan fingerprint density at radius 3 is 2.60 bits per heavy atom. The Morgan fingerprint density at radius 2 is 2.00 bits per heavy atom. The van der Waals surface area contributed by atoms with Gasteiger partial charge in [0, 0.05) is 38.8 Å². The van der Waals surface area contributed by atoms with Crippen LogP contribution in [-0.4, -0.2) is 59.8 Å². The summed E-state index contributed by atoms with van der Waals surface area (Å²) in [7, 11) is 1.41. The van der Waals surface area contributed by atoms with Crippen LogP contribution in [0.3, 0.4) is 0 Å². The molecule has 2 N–H and O–H groups in total. The summed E-state index contributed by atoms with van der Waals surface area (Å²) >= 11 is 0. The van der Waals surface area contributed by atoms with Crippen LogP contribution in [0, 0.1) is 5.82 Å². The Balaban J connectivity index is 1.92. The van der Waals surface area contributed by atoms with E-state index in [0.717, 1.165) is 18.9 Å². The van der Waals surface area contributed by atoms with Crippen molar-refractivity contribution in [1.29, 1.82) is 0 Å². The van der Waals surface area contributed by atoms with Crippen molar-refractivity contribution in [2.45, 2.75) is 25.8 Å². The lowest BCUT2D eigenvalue weighted by molar-refractivity contribution is -0.131. The second kappa shape index (κ2) is 7.60. The van der Waals surface area contributed by atoms with Crippen LogP contribution in [0.2, 0.25) is 0 Å². The molecule has 0 bridgehead atoms. The molecule has 2 aromatic rings. The van der Waals surface area contributed by atoms with E-state index < -0.39 is 17.2 Å². The molecule has 30 heavy (non-hydrogen) atoms. The lowest BCUT2D eigenvalue weighted by Gasteiger charge is -2.27. The number of rotatable bonds is 4. The topological polar surface area (TPSA) is 104 Å². The van der Waals surface area contributed by atoms with Gasteiger partial charge in [0.25, 0.3) is 0 Å². The molecule has 2 fully saturated rings. The van der Waals surface area contributed by atoms with E-state index in [2.05, 4.69) is 5.43 Å². The number of fused-ring (bicyclic) bond motifs is 1. The maximum Gasteiger partial charge on any atom is 0.341 e. The first-order valence-electron chi connectivity index (χ1n) is 9.78. The Labute approximate surface area is 171 Å². The highest BCUT2D eigenvalue weighted by Crippen LogP contribution is 2.43. The van der Waals surface area contributed by atoms with Crippen LogP contribution >= 0.6 is 0 Å². The summed E-state index contributed by atoms with van der Waals surface area (Å²) in [6.07, 6.45) is 3.01. The van der Waals surface area contributed by atoms with E-state index in [0.29, 0.717) is 31.7 Å². The third-order valence-electron chi connectivity index (χ3n) is 5.55. The second-order valence-corrected chi connectivity index (χ2v) is 7.52. The number of hydrazine groups is 1. The predicted molar refractivity (Wildman–Crippen MR) is 108 cm³/mol. The van der Waals surface area contributed by atoms with Crippen LogP contribution in [-0.2, 0) is 4.79 Å². The zero-order valence-electron chi connectivity index (χ0n) is 16.8. The minimum atomic E-state index is -1.34. The van der Waals surface area contributed by atoms with Crippen LogP contribution in [0.4, 0.5) is 10.1 Å². The molecular weight excluding hydrogens is 395 g/mol. The lowest BCUT2D eigenvalue weighted by atomic mass is 10.1. The first-order chi connectivity index (χ1) is 14.3. The largest absolute Gasteiger partial charge is 0.492 e. The summed E-state index contributed by atoms with van der Waals surface area (Å²) in [5, 5.41) is 10.9.